The van der Waals surface area contributed by atoms with Crippen LogP contribution in [0.2, 0.25) is 0 Å². The Balaban J connectivity index is 1.78. The molecule has 3 rings (SSSR count). The van der Waals surface area contributed by atoms with Crippen molar-refractivity contribution in [2.75, 3.05) is 18.9 Å². The lowest BCUT2D eigenvalue weighted by molar-refractivity contribution is -0.132. The summed E-state index contributed by atoms with van der Waals surface area (Å²) in [6.07, 6.45) is 3.25. The first kappa shape index (κ1) is 12.4. The van der Waals surface area contributed by atoms with Gasteiger partial charge in [0.25, 0.3) is 0 Å². The number of likely N-dealkylation sites (N-methyl/N-ethyl adjacent to an activating group) is 1. The zero-order chi connectivity index (χ0) is 13.4. The van der Waals surface area contributed by atoms with E-state index in [9.17, 15) is 4.79 Å². The Hall–Kier alpha value is -1.63. The molecular formula is C12H14BrN5O. The van der Waals surface area contributed by atoms with Gasteiger partial charge in [0.05, 0.1) is 4.47 Å². The number of likely N-dealkylation sites (tertiary alicyclic amines) is 1. The van der Waals surface area contributed by atoms with Gasteiger partial charge in [0.2, 0.25) is 11.9 Å². The molecule has 1 atom stereocenters. The fraction of sp³-hybridized carbons (Fsp3) is 0.417. The van der Waals surface area contributed by atoms with Crippen LogP contribution in [0.3, 0.4) is 0 Å². The number of halogens is 1. The van der Waals surface area contributed by atoms with Gasteiger partial charge < -0.3 is 10.2 Å². The van der Waals surface area contributed by atoms with Crippen molar-refractivity contribution in [1.29, 1.82) is 0 Å². The molecular weight excluding hydrogens is 310 g/mol. The molecule has 6 nitrogen and oxygen atoms in total. The Morgan fingerprint density at radius 3 is 3.11 bits per heavy atom. The van der Waals surface area contributed by atoms with Crippen LogP contribution in [-0.2, 0) is 4.79 Å². The first-order chi connectivity index (χ1) is 9.13. The third-order valence-corrected chi connectivity index (χ3v) is 3.89. The number of rotatable bonds is 2. The van der Waals surface area contributed by atoms with E-state index in [1.807, 2.05) is 25.4 Å². The highest BCUT2D eigenvalue weighted by Gasteiger charge is 2.23. The highest BCUT2D eigenvalue weighted by molar-refractivity contribution is 9.10. The maximum absolute atomic E-state index is 11.4. The summed E-state index contributed by atoms with van der Waals surface area (Å²) in [4.78, 5) is 17.6. The van der Waals surface area contributed by atoms with Crippen LogP contribution in [0.4, 0.5) is 5.95 Å². The number of anilines is 1. The van der Waals surface area contributed by atoms with Gasteiger partial charge in [0, 0.05) is 32.3 Å². The lowest BCUT2D eigenvalue weighted by Crippen LogP contribution is -2.43. The van der Waals surface area contributed by atoms with Gasteiger partial charge in [-0.15, -0.1) is 5.10 Å². The van der Waals surface area contributed by atoms with E-state index < -0.39 is 0 Å². The predicted octanol–water partition coefficient (Wildman–Crippen LogP) is 1.52. The van der Waals surface area contributed by atoms with Crippen molar-refractivity contribution >= 4 is 33.4 Å². The van der Waals surface area contributed by atoms with E-state index in [0.717, 1.165) is 16.5 Å². The minimum absolute atomic E-state index is 0.198. The van der Waals surface area contributed by atoms with Gasteiger partial charge in [-0.05, 0) is 34.5 Å². The largest absolute Gasteiger partial charge is 0.348 e. The van der Waals surface area contributed by atoms with E-state index >= 15 is 0 Å². The van der Waals surface area contributed by atoms with Crippen LogP contribution < -0.4 is 5.32 Å². The van der Waals surface area contributed by atoms with Crippen molar-refractivity contribution in [2.24, 2.45) is 0 Å². The summed E-state index contributed by atoms with van der Waals surface area (Å²) in [6.45, 7) is 0.690. The minimum Gasteiger partial charge on any atom is -0.348 e. The summed E-state index contributed by atoms with van der Waals surface area (Å²) < 4.78 is 2.64. The molecule has 1 saturated heterocycles. The van der Waals surface area contributed by atoms with Gasteiger partial charge in [-0.25, -0.2) is 4.52 Å². The van der Waals surface area contributed by atoms with Gasteiger partial charge in [0.15, 0.2) is 5.65 Å². The Bertz CT molecular complexity index is 626. The van der Waals surface area contributed by atoms with Gasteiger partial charge in [-0.2, -0.15) is 4.98 Å². The standard InChI is InChI=1S/C12H14BrN5O/c1-17-7-8(4-5-10(17)19)14-12-15-11-9(13)3-2-6-18(11)16-12/h2-3,6,8H,4-5,7H2,1H3,(H,14,16). The molecule has 0 radical (unpaired) electrons. The normalized spacial score (nSPS) is 20.0. The summed E-state index contributed by atoms with van der Waals surface area (Å²) in [5.74, 6) is 0.795. The molecule has 19 heavy (non-hydrogen) atoms. The molecule has 0 spiro atoms. The second kappa shape index (κ2) is 4.80. The summed E-state index contributed by atoms with van der Waals surface area (Å²) in [7, 11) is 1.82. The predicted molar refractivity (Wildman–Crippen MR) is 75.0 cm³/mol. The minimum atomic E-state index is 0.198. The van der Waals surface area contributed by atoms with Crippen molar-refractivity contribution in [1.82, 2.24) is 19.5 Å². The zero-order valence-electron chi connectivity index (χ0n) is 10.5. The third-order valence-electron chi connectivity index (χ3n) is 3.27. The molecule has 1 amide bonds. The molecule has 1 fully saturated rings. The Morgan fingerprint density at radius 1 is 1.53 bits per heavy atom. The van der Waals surface area contributed by atoms with Crippen molar-refractivity contribution in [2.45, 2.75) is 18.9 Å². The number of nitrogens with one attached hydrogen (secondary N) is 1. The first-order valence-corrected chi connectivity index (χ1v) is 6.94. The summed E-state index contributed by atoms with van der Waals surface area (Å²) >= 11 is 3.45. The second-order valence-electron chi connectivity index (χ2n) is 4.71. The first-order valence-electron chi connectivity index (χ1n) is 6.15. The molecule has 0 bridgehead atoms. The number of fused-ring (bicyclic) bond motifs is 1. The van der Waals surface area contributed by atoms with Crippen LogP contribution in [0.25, 0.3) is 5.65 Å². The third kappa shape index (κ3) is 2.42. The number of carbonyl (C=O) groups excluding carboxylic acids is 1. The van der Waals surface area contributed by atoms with E-state index in [-0.39, 0.29) is 11.9 Å². The Labute approximate surface area is 118 Å². The molecule has 1 aliphatic heterocycles. The molecule has 0 aliphatic carbocycles. The zero-order valence-corrected chi connectivity index (χ0v) is 12.1. The van der Waals surface area contributed by atoms with Crippen LogP contribution in [-0.4, -0.2) is 45.0 Å². The van der Waals surface area contributed by atoms with Crippen molar-refractivity contribution < 1.29 is 4.79 Å². The quantitative estimate of drug-likeness (QED) is 0.910. The van der Waals surface area contributed by atoms with E-state index in [1.54, 1.807) is 9.42 Å². The number of hydrogen-bond acceptors (Lipinski definition) is 4. The highest BCUT2D eigenvalue weighted by Crippen LogP contribution is 2.18. The fourth-order valence-electron chi connectivity index (χ4n) is 2.25. The Morgan fingerprint density at radius 2 is 2.37 bits per heavy atom. The number of pyridine rings is 1. The molecule has 0 aromatic carbocycles. The molecule has 0 saturated carbocycles. The molecule has 1 aliphatic rings. The van der Waals surface area contributed by atoms with E-state index in [0.29, 0.717) is 18.9 Å². The average Bonchev–Trinajstić information content (AvgIpc) is 2.78. The molecule has 1 unspecified atom stereocenters. The maximum Gasteiger partial charge on any atom is 0.243 e. The van der Waals surface area contributed by atoms with Crippen molar-refractivity contribution in [3.63, 3.8) is 0 Å². The molecule has 1 N–H and O–H groups in total. The molecule has 2 aromatic rings. The number of piperidine rings is 1. The number of aromatic nitrogens is 3. The average molecular weight is 324 g/mol. The van der Waals surface area contributed by atoms with Crippen LogP contribution >= 0.6 is 15.9 Å². The van der Waals surface area contributed by atoms with E-state index in [1.165, 1.54) is 0 Å². The lowest BCUT2D eigenvalue weighted by atomic mass is 10.1. The topological polar surface area (TPSA) is 62.5 Å². The lowest BCUT2D eigenvalue weighted by Gasteiger charge is -2.29. The van der Waals surface area contributed by atoms with E-state index in [4.69, 9.17) is 0 Å². The van der Waals surface area contributed by atoms with Crippen LogP contribution in [0.1, 0.15) is 12.8 Å². The van der Waals surface area contributed by atoms with Crippen molar-refractivity contribution in [3.8, 4) is 0 Å². The van der Waals surface area contributed by atoms with Crippen molar-refractivity contribution in [3.05, 3.63) is 22.8 Å². The van der Waals surface area contributed by atoms with Gasteiger partial charge in [-0.3, -0.25) is 4.79 Å². The van der Waals surface area contributed by atoms with Gasteiger partial charge in [-0.1, -0.05) is 0 Å². The molecule has 3 heterocycles. The van der Waals surface area contributed by atoms with Crippen LogP contribution in [0.5, 0.6) is 0 Å². The Kier molecular flexibility index (Phi) is 3.14. The number of carbonyl (C=O) groups is 1. The number of hydrogen-bond donors (Lipinski definition) is 1. The summed E-state index contributed by atoms with van der Waals surface area (Å²) in [6, 6.07) is 4.04. The highest BCUT2D eigenvalue weighted by atomic mass is 79.9. The maximum atomic E-state index is 11.4. The SMILES string of the molecule is CN1CC(Nc2nc3c(Br)cccn3n2)CCC1=O. The summed E-state index contributed by atoms with van der Waals surface area (Å²) in [5, 5.41) is 7.66. The van der Waals surface area contributed by atoms with Gasteiger partial charge >= 0.3 is 0 Å². The second-order valence-corrected chi connectivity index (χ2v) is 5.57. The fourth-order valence-corrected chi connectivity index (χ4v) is 2.67. The molecule has 100 valence electrons. The molecule has 2 aromatic heterocycles. The molecule has 7 heteroatoms. The number of amides is 1. The number of nitrogens with zero attached hydrogens (tertiary/aromatic N) is 4. The van der Waals surface area contributed by atoms with Crippen LogP contribution in [0.15, 0.2) is 22.8 Å². The van der Waals surface area contributed by atoms with Crippen LogP contribution in [0, 0.1) is 0 Å². The van der Waals surface area contributed by atoms with Gasteiger partial charge in [0.1, 0.15) is 0 Å². The smallest absolute Gasteiger partial charge is 0.243 e. The summed E-state index contributed by atoms with van der Waals surface area (Å²) in [5.41, 5.74) is 0.783. The monoisotopic (exact) mass is 323 g/mol. The van der Waals surface area contributed by atoms with E-state index in [2.05, 4.69) is 31.3 Å².